The van der Waals surface area contributed by atoms with E-state index in [2.05, 4.69) is 21.9 Å². The first-order chi connectivity index (χ1) is 9.60. The Bertz CT molecular complexity index is 454. The molecule has 1 aliphatic rings. The normalized spacial score (nSPS) is 16.1. The zero-order chi connectivity index (χ0) is 14.5. The molecule has 1 aromatic rings. The van der Waals surface area contributed by atoms with Gasteiger partial charge in [-0.15, -0.1) is 0 Å². The van der Waals surface area contributed by atoms with Crippen LogP contribution in [-0.2, 0) is 4.79 Å². The zero-order valence-electron chi connectivity index (χ0n) is 12.5. The molecule has 0 aromatic heterocycles. The summed E-state index contributed by atoms with van der Waals surface area (Å²) in [7, 11) is 5.29. The number of ether oxygens (including phenoxy) is 1. The third-order valence-corrected chi connectivity index (χ3v) is 3.65. The van der Waals surface area contributed by atoms with Crippen LogP contribution in [0.5, 0.6) is 5.75 Å². The molecule has 110 valence electrons. The summed E-state index contributed by atoms with van der Waals surface area (Å²) < 4.78 is 5.26. The number of piperazine rings is 1. The monoisotopic (exact) mass is 277 g/mol. The second-order valence-electron chi connectivity index (χ2n) is 5.25. The van der Waals surface area contributed by atoms with Crippen LogP contribution in [0.3, 0.4) is 0 Å². The molecule has 1 aliphatic heterocycles. The van der Waals surface area contributed by atoms with Gasteiger partial charge in [-0.3, -0.25) is 9.69 Å². The van der Waals surface area contributed by atoms with Crippen molar-refractivity contribution in [1.29, 1.82) is 0 Å². The Morgan fingerprint density at radius 2 is 1.95 bits per heavy atom. The van der Waals surface area contributed by atoms with E-state index < -0.39 is 0 Å². The molecule has 0 aliphatic carbocycles. The number of methoxy groups -OCH3 is 1. The second-order valence-corrected chi connectivity index (χ2v) is 5.25. The standard InChI is InChI=1S/C15H23N3O2/c1-16(2)15(19)12-17-7-9-18(10-8-17)13-5-4-6-14(11-13)20-3/h4-6,11H,7-10,12H2,1-3H3. The predicted molar refractivity (Wildman–Crippen MR) is 80.3 cm³/mol. The number of likely N-dealkylation sites (N-methyl/N-ethyl adjacent to an activating group) is 1. The SMILES string of the molecule is COc1cccc(N2CCN(CC(=O)N(C)C)CC2)c1. The maximum Gasteiger partial charge on any atom is 0.236 e. The Balaban J connectivity index is 1.89. The lowest BCUT2D eigenvalue weighted by Crippen LogP contribution is -2.49. The smallest absolute Gasteiger partial charge is 0.236 e. The van der Waals surface area contributed by atoms with Gasteiger partial charge < -0.3 is 14.5 Å². The number of hydrogen-bond donors (Lipinski definition) is 0. The van der Waals surface area contributed by atoms with Crippen molar-refractivity contribution in [1.82, 2.24) is 9.80 Å². The number of nitrogens with zero attached hydrogens (tertiary/aromatic N) is 3. The van der Waals surface area contributed by atoms with Gasteiger partial charge in [0.05, 0.1) is 13.7 Å². The maximum absolute atomic E-state index is 11.7. The van der Waals surface area contributed by atoms with E-state index in [4.69, 9.17) is 4.74 Å². The molecule has 1 fully saturated rings. The zero-order valence-corrected chi connectivity index (χ0v) is 12.5. The Labute approximate surface area is 120 Å². The van der Waals surface area contributed by atoms with Crippen molar-refractivity contribution in [3.63, 3.8) is 0 Å². The topological polar surface area (TPSA) is 36.0 Å². The van der Waals surface area contributed by atoms with E-state index >= 15 is 0 Å². The third-order valence-electron chi connectivity index (χ3n) is 3.65. The first-order valence-corrected chi connectivity index (χ1v) is 6.91. The van der Waals surface area contributed by atoms with Gasteiger partial charge in [0.2, 0.25) is 5.91 Å². The number of rotatable bonds is 4. The minimum Gasteiger partial charge on any atom is -0.497 e. The molecule has 5 heteroatoms. The van der Waals surface area contributed by atoms with Crippen LogP contribution in [0.15, 0.2) is 24.3 Å². The second kappa shape index (κ2) is 6.61. The Hall–Kier alpha value is -1.75. The molecule has 1 amide bonds. The summed E-state index contributed by atoms with van der Waals surface area (Å²) in [5.41, 5.74) is 1.18. The van der Waals surface area contributed by atoms with E-state index in [0.29, 0.717) is 6.54 Å². The average Bonchev–Trinajstić information content (AvgIpc) is 2.48. The molecule has 0 unspecified atom stereocenters. The highest BCUT2D eigenvalue weighted by atomic mass is 16.5. The molecule has 0 saturated carbocycles. The summed E-state index contributed by atoms with van der Waals surface area (Å²) in [6, 6.07) is 8.12. The highest BCUT2D eigenvalue weighted by molar-refractivity contribution is 5.77. The number of hydrogen-bond acceptors (Lipinski definition) is 4. The lowest BCUT2D eigenvalue weighted by atomic mass is 10.2. The highest BCUT2D eigenvalue weighted by Gasteiger charge is 2.19. The summed E-state index contributed by atoms with van der Waals surface area (Å²) >= 11 is 0. The fourth-order valence-electron chi connectivity index (χ4n) is 2.30. The van der Waals surface area contributed by atoms with Crippen molar-refractivity contribution >= 4 is 11.6 Å². The molecular formula is C15H23N3O2. The van der Waals surface area contributed by atoms with Crippen LogP contribution in [0.1, 0.15) is 0 Å². The van der Waals surface area contributed by atoms with Gasteiger partial charge in [0, 0.05) is 52.0 Å². The Morgan fingerprint density at radius 3 is 2.55 bits per heavy atom. The molecule has 1 saturated heterocycles. The fraction of sp³-hybridized carbons (Fsp3) is 0.533. The van der Waals surface area contributed by atoms with Crippen LogP contribution in [0.25, 0.3) is 0 Å². The number of carbonyl (C=O) groups excluding carboxylic acids is 1. The first-order valence-electron chi connectivity index (χ1n) is 6.91. The van der Waals surface area contributed by atoms with Crippen molar-refractivity contribution in [3.05, 3.63) is 24.3 Å². The van der Waals surface area contributed by atoms with Crippen molar-refractivity contribution in [2.24, 2.45) is 0 Å². The maximum atomic E-state index is 11.7. The van der Waals surface area contributed by atoms with Crippen LogP contribution in [0.4, 0.5) is 5.69 Å². The number of benzene rings is 1. The molecule has 0 N–H and O–H groups in total. The highest BCUT2D eigenvalue weighted by Crippen LogP contribution is 2.21. The largest absolute Gasteiger partial charge is 0.497 e. The summed E-state index contributed by atoms with van der Waals surface area (Å²) in [4.78, 5) is 17.9. The quantitative estimate of drug-likeness (QED) is 0.819. The van der Waals surface area contributed by atoms with Gasteiger partial charge in [0.1, 0.15) is 5.75 Å². The summed E-state index contributed by atoms with van der Waals surface area (Å²) in [6.07, 6.45) is 0. The molecule has 20 heavy (non-hydrogen) atoms. The summed E-state index contributed by atoms with van der Waals surface area (Å²) in [6.45, 7) is 4.22. The van der Waals surface area contributed by atoms with Crippen molar-refractivity contribution in [3.8, 4) is 5.75 Å². The predicted octanol–water partition coefficient (Wildman–Crippen LogP) is 0.905. The average molecular weight is 277 g/mol. The van der Waals surface area contributed by atoms with Gasteiger partial charge in [-0.1, -0.05) is 6.07 Å². The molecule has 0 radical (unpaired) electrons. The summed E-state index contributed by atoms with van der Waals surface area (Å²) in [5.74, 6) is 1.05. The Morgan fingerprint density at radius 1 is 1.25 bits per heavy atom. The first kappa shape index (κ1) is 14.7. The molecule has 1 heterocycles. The van der Waals surface area contributed by atoms with Crippen LogP contribution in [0, 0.1) is 0 Å². The van der Waals surface area contributed by atoms with Crippen LogP contribution in [0.2, 0.25) is 0 Å². The molecule has 0 spiro atoms. The number of anilines is 1. The number of carbonyl (C=O) groups is 1. The van der Waals surface area contributed by atoms with Gasteiger partial charge in [-0.05, 0) is 12.1 Å². The van der Waals surface area contributed by atoms with Crippen LogP contribution < -0.4 is 9.64 Å². The molecule has 2 rings (SSSR count). The van der Waals surface area contributed by atoms with Gasteiger partial charge in [-0.25, -0.2) is 0 Å². The Kier molecular flexibility index (Phi) is 4.84. The molecule has 1 aromatic carbocycles. The molecule has 0 bridgehead atoms. The van der Waals surface area contributed by atoms with E-state index in [-0.39, 0.29) is 5.91 Å². The van der Waals surface area contributed by atoms with Gasteiger partial charge in [0.25, 0.3) is 0 Å². The lowest BCUT2D eigenvalue weighted by Gasteiger charge is -2.36. The third kappa shape index (κ3) is 3.63. The molecule has 0 atom stereocenters. The van der Waals surface area contributed by atoms with E-state index in [9.17, 15) is 4.79 Å². The van der Waals surface area contributed by atoms with Crippen LogP contribution >= 0.6 is 0 Å². The van der Waals surface area contributed by atoms with E-state index in [1.165, 1.54) is 5.69 Å². The van der Waals surface area contributed by atoms with E-state index in [1.54, 1.807) is 26.1 Å². The van der Waals surface area contributed by atoms with E-state index in [1.807, 2.05) is 12.1 Å². The number of amides is 1. The minimum absolute atomic E-state index is 0.167. The lowest BCUT2D eigenvalue weighted by molar-refractivity contribution is -0.129. The molecular weight excluding hydrogens is 254 g/mol. The minimum atomic E-state index is 0.167. The molecule has 5 nitrogen and oxygen atoms in total. The van der Waals surface area contributed by atoms with Crippen molar-refractivity contribution in [2.75, 3.05) is 58.8 Å². The summed E-state index contributed by atoms with van der Waals surface area (Å²) in [5, 5.41) is 0. The van der Waals surface area contributed by atoms with Crippen molar-refractivity contribution in [2.45, 2.75) is 0 Å². The van der Waals surface area contributed by atoms with Crippen molar-refractivity contribution < 1.29 is 9.53 Å². The van der Waals surface area contributed by atoms with E-state index in [0.717, 1.165) is 31.9 Å². The van der Waals surface area contributed by atoms with Crippen LogP contribution in [-0.4, -0.2) is 69.6 Å². The van der Waals surface area contributed by atoms with Gasteiger partial charge in [0.15, 0.2) is 0 Å². The van der Waals surface area contributed by atoms with Gasteiger partial charge in [-0.2, -0.15) is 0 Å². The van der Waals surface area contributed by atoms with Gasteiger partial charge >= 0.3 is 0 Å². The fourth-order valence-corrected chi connectivity index (χ4v) is 2.30.